The Hall–Kier alpha value is -4.29. The van der Waals surface area contributed by atoms with E-state index in [2.05, 4.69) is 31.1 Å². The molecule has 0 bridgehead atoms. The first-order valence-electron chi connectivity index (χ1n) is 8.50. The number of benzene rings is 1. The van der Waals surface area contributed by atoms with E-state index in [1.807, 2.05) is 10.8 Å². The molecule has 13 nitrogen and oxygen atoms in total. The predicted octanol–water partition coefficient (Wildman–Crippen LogP) is 2.43. The Morgan fingerprint density at radius 3 is 2.41 bits per heavy atom. The Labute approximate surface area is 164 Å². The van der Waals surface area contributed by atoms with Gasteiger partial charge in [-0.3, -0.25) is 31.1 Å². The van der Waals surface area contributed by atoms with Crippen molar-refractivity contribution in [3.8, 4) is 0 Å². The van der Waals surface area contributed by atoms with Crippen LogP contribution in [-0.4, -0.2) is 35.9 Å². The first kappa shape index (κ1) is 19.5. The molecule has 150 valence electrons. The first-order chi connectivity index (χ1) is 14.0. The summed E-state index contributed by atoms with van der Waals surface area (Å²) in [5, 5.41) is 25.2. The molecule has 13 heteroatoms. The van der Waals surface area contributed by atoms with Crippen LogP contribution in [0.1, 0.15) is 6.42 Å². The molecule has 0 spiro atoms. The Balaban J connectivity index is 1.64. The minimum Gasteiger partial charge on any atom is -0.364 e. The van der Waals surface area contributed by atoms with Gasteiger partial charge in [-0.25, -0.2) is 15.0 Å². The van der Waals surface area contributed by atoms with Crippen LogP contribution in [0.4, 0.5) is 28.7 Å². The third-order valence-electron chi connectivity index (χ3n) is 3.85. The normalized spacial score (nSPS) is 10.3. The zero-order valence-electron chi connectivity index (χ0n) is 15.1. The molecule has 3 aromatic rings. The lowest BCUT2D eigenvalue weighted by atomic mass is 10.3. The van der Waals surface area contributed by atoms with E-state index in [-0.39, 0.29) is 23.0 Å². The van der Waals surface area contributed by atoms with Crippen molar-refractivity contribution in [3.63, 3.8) is 0 Å². The first-order valence-corrected chi connectivity index (χ1v) is 8.50. The molecule has 0 saturated heterocycles. The van der Waals surface area contributed by atoms with Crippen LogP contribution in [0.5, 0.6) is 0 Å². The topological polar surface area (TPSA) is 166 Å². The maximum absolute atomic E-state index is 11.5. The molecule has 29 heavy (non-hydrogen) atoms. The summed E-state index contributed by atoms with van der Waals surface area (Å²) in [5.74, 6) is 0.0455. The summed E-state index contributed by atoms with van der Waals surface area (Å²) in [5.41, 5.74) is 5.47. The lowest BCUT2D eigenvalue weighted by Crippen LogP contribution is -2.15. The van der Waals surface area contributed by atoms with E-state index in [9.17, 15) is 20.2 Å². The molecule has 2 heterocycles. The Kier molecular flexibility index (Phi) is 6.09. The fourth-order valence-corrected chi connectivity index (χ4v) is 2.46. The largest absolute Gasteiger partial charge is 0.364 e. The molecular formula is C16H17N9O4. The van der Waals surface area contributed by atoms with Gasteiger partial charge in [-0.15, -0.1) is 0 Å². The van der Waals surface area contributed by atoms with Crippen LogP contribution in [0.3, 0.4) is 0 Å². The van der Waals surface area contributed by atoms with Crippen LogP contribution in [0, 0.1) is 20.2 Å². The van der Waals surface area contributed by atoms with Crippen molar-refractivity contribution in [2.45, 2.75) is 13.0 Å². The highest BCUT2D eigenvalue weighted by Crippen LogP contribution is 2.29. The Bertz CT molecular complexity index is 977. The highest BCUT2D eigenvalue weighted by atomic mass is 16.6. The minimum atomic E-state index is -0.585. The van der Waals surface area contributed by atoms with E-state index < -0.39 is 9.85 Å². The molecule has 2 aromatic heterocycles. The predicted molar refractivity (Wildman–Crippen MR) is 104 cm³/mol. The molecule has 0 atom stereocenters. The highest BCUT2D eigenvalue weighted by Gasteiger charge is 2.22. The van der Waals surface area contributed by atoms with Crippen LogP contribution < -0.4 is 16.2 Å². The molecule has 0 unspecified atom stereocenters. The van der Waals surface area contributed by atoms with Crippen LogP contribution >= 0.6 is 0 Å². The van der Waals surface area contributed by atoms with Crippen molar-refractivity contribution in [2.24, 2.45) is 0 Å². The third kappa shape index (κ3) is 5.12. The molecule has 0 radical (unpaired) electrons. The van der Waals surface area contributed by atoms with Crippen LogP contribution in [-0.2, 0) is 6.54 Å². The lowest BCUT2D eigenvalue weighted by molar-refractivity contribution is -0.384. The molecule has 0 aliphatic carbocycles. The fourth-order valence-electron chi connectivity index (χ4n) is 2.46. The monoisotopic (exact) mass is 399 g/mol. The number of anilines is 3. The number of nitrogens with one attached hydrogen (secondary N) is 3. The minimum absolute atomic E-state index is 0.0412. The number of nitro benzene ring substituents is 1. The molecule has 0 aliphatic heterocycles. The summed E-state index contributed by atoms with van der Waals surface area (Å²) in [6, 6.07) is 5.55. The molecule has 0 fully saturated rings. The maximum atomic E-state index is 11.5. The third-order valence-corrected chi connectivity index (χ3v) is 3.85. The molecule has 3 N–H and O–H groups in total. The number of hydrazine groups is 1. The van der Waals surface area contributed by atoms with Crippen molar-refractivity contribution in [3.05, 3.63) is 69.5 Å². The molecular weight excluding hydrogens is 382 g/mol. The van der Waals surface area contributed by atoms with Gasteiger partial charge in [0.2, 0.25) is 11.6 Å². The number of hydrogen-bond donors (Lipinski definition) is 3. The number of aromatic nitrogens is 4. The van der Waals surface area contributed by atoms with Crippen molar-refractivity contribution in [1.82, 2.24) is 19.5 Å². The number of non-ortho nitro benzene ring substituents is 1. The number of imidazole rings is 1. The van der Waals surface area contributed by atoms with E-state index in [0.29, 0.717) is 25.2 Å². The van der Waals surface area contributed by atoms with E-state index in [1.54, 1.807) is 12.5 Å². The van der Waals surface area contributed by atoms with Crippen molar-refractivity contribution < 1.29 is 9.85 Å². The standard InChI is InChI=1S/C16H17N9O4/c26-24(27)13-4-2-12(3-5-13)21-22-16-14(25(28)29)15(19-10-20-16)18-6-1-8-23-9-7-17-11-23/h2-5,7,9-11,21H,1,6,8H2,(H2,18,19,20,22). The summed E-state index contributed by atoms with van der Waals surface area (Å²) in [4.78, 5) is 32.9. The van der Waals surface area contributed by atoms with Gasteiger partial charge in [-0.05, 0) is 18.6 Å². The quantitative estimate of drug-likeness (QED) is 0.262. The molecule has 1 aromatic carbocycles. The van der Waals surface area contributed by atoms with Gasteiger partial charge >= 0.3 is 5.69 Å². The van der Waals surface area contributed by atoms with E-state index in [4.69, 9.17) is 0 Å². The summed E-state index contributed by atoms with van der Waals surface area (Å²) in [6.07, 6.45) is 7.11. The zero-order valence-corrected chi connectivity index (χ0v) is 15.1. The van der Waals surface area contributed by atoms with Gasteiger partial charge in [-0.1, -0.05) is 0 Å². The van der Waals surface area contributed by atoms with Crippen LogP contribution in [0.2, 0.25) is 0 Å². The zero-order chi connectivity index (χ0) is 20.6. The van der Waals surface area contributed by atoms with Crippen LogP contribution in [0.15, 0.2) is 49.3 Å². The van der Waals surface area contributed by atoms with E-state index in [1.165, 1.54) is 30.6 Å². The second-order valence-corrected chi connectivity index (χ2v) is 5.81. The number of nitro groups is 2. The SMILES string of the molecule is O=[N+]([O-])c1ccc(NNc2ncnc(NCCCn3ccnc3)c2[N+](=O)[O-])cc1. The van der Waals surface area contributed by atoms with Crippen molar-refractivity contribution in [1.29, 1.82) is 0 Å². The highest BCUT2D eigenvalue weighted by molar-refractivity contribution is 5.70. The Morgan fingerprint density at radius 2 is 1.76 bits per heavy atom. The second kappa shape index (κ2) is 9.07. The number of nitrogens with zero attached hydrogens (tertiary/aromatic N) is 6. The Morgan fingerprint density at radius 1 is 1.00 bits per heavy atom. The molecule has 0 aliphatic rings. The lowest BCUT2D eigenvalue weighted by Gasteiger charge is -2.11. The second-order valence-electron chi connectivity index (χ2n) is 5.81. The fraction of sp³-hybridized carbons (Fsp3) is 0.188. The van der Waals surface area contributed by atoms with Gasteiger partial charge in [0.05, 0.1) is 21.9 Å². The van der Waals surface area contributed by atoms with Crippen molar-refractivity contribution in [2.75, 3.05) is 22.7 Å². The van der Waals surface area contributed by atoms with Gasteiger partial charge in [0.15, 0.2) is 0 Å². The van der Waals surface area contributed by atoms with Gasteiger partial charge in [-0.2, -0.15) is 0 Å². The maximum Gasteiger partial charge on any atom is 0.354 e. The average molecular weight is 399 g/mol. The van der Waals surface area contributed by atoms with Gasteiger partial charge in [0.1, 0.15) is 6.33 Å². The van der Waals surface area contributed by atoms with Crippen LogP contribution in [0.25, 0.3) is 0 Å². The summed E-state index contributed by atoms with van der Waals surface area (Å²) >= 11 is 0. The molecule has 3 rings (SSSR count). The smallest absolute Gasteiger partial charge is 0.354 e. The van der Waals surface area contributed by atoms with Gasteiger partial charge in [0.25, 0.3) is 5.69 Å². The van der Waals surface area contributed by atoms with Gasteiger partial charge < -0.3 is 9.88 Å². The molecule has 0 saturated carbocycles. The summed E-state index contributed by atoms with van der Waals surface area (Å²) < 4.78 is 1.90. The number of hydrogen-bond acceptors (Lipinski definition) is 10. The average Bonchev–Trinajstić information content (AvgIpc) is 3.23. The van der Waals surface area contributed by atoms with E-state index >= 15 is 0 Å². The number of rotatable bonds is 10. The number of aryl methyl sites for hydroxylation is 1. The summed E-state index contributed by atoms with van der Waals surface area (Å²) in [7, 11) is 0. The van der Waals surface area contributed by atoms with Crippen molar-refractivity contribution >= 4 is 28.7 Å². The molecule has 0 amide bonds. The summed E-state index contributed by atoms with van der Waals surface area (Å²) in [6.45, 7) is 1.17. The van der Waals surface area contributed by atoms with E-state index in [0.717, 1.165) is 0 Å². The van der Waals surface area contributed by atoms with Gasteiger partial charge in [0, 0.05) is 37.6 Å².